The van der Waals surface area contributed by atoms with Gasteiger partial charge in [0.05, 0.1) is 6.61 Å². The molecule has 5 nitrogen and oxygen atoms in total. The minimum Gasteiger partial charge on any atom is -0.380 e. The average Bonchev–Trinajstić information content (AvgIpc) is 2.33. The summed E-state index contributed by atoms with van der Waals surface area (Å²) in [7, 11) is 0. The van der Waals surface area contributed by atoms with Crippen molar-refractivity contribution < 1.29 is 4.74 Å². The molecule has 18 heavy (non-hydrogen) atoms. The topological polar surface area (TPSA) is 59.1 Å². The van der Waals surface area contributed by atoms with Gasteiger partial charge in [0.1, 0.15) is 17.5 Å². The van der Waals surface area contributed by atoms with Crippen LogP contribution in [0.5, 0.6) is 0 Å². The highest BCUT2D eigenvalue weighted by Crippen LogP contribution is 2.12. The first kappa shape index (κ1) is 14.7. The van der Waals surface area contributed by atoms with Crippen molar-refractivity contribution >= 4 is 11.6 Å². The molecule has 0 saturated heterocycles. The van der Waals surface area contributed by atoms with E-state index in [1.165, 1.54) is 0 Å². The number of hydrogen-bond donors (Lipinski definition) is 2. The van der Waals surface area contributed by atoms with E-state index in [4.69, 9.17) is 4.74 Å². The summed E-state index contributed by atoms with van der Waals surface area (Å²) in [5, 5.41) is 6.59. The van der Waals surface area contributed by atoms with Crippen LogP contribution in [0.1, 0.15) is 33.0 Å². The summed E-state index contributed by atoms with van der Waals surface area (Å²) >= 11 is 0. The maximum atomic E-state index is 5.37. The predicted molar refractivity (Wildman–Crippen MR) is 75.1 cm³/mol. The predicted octanol–water partition coefficient (Wildman–Crippen LogP) is 2.44. The monoisotopic (exact) mass is 252 g/mol. The van der Waals surface area contributed by atoms with E-state index in [1.54, 1.807) is 0 Å². The van der Waals surface area contributed by atoms with Crippen LogP contribution in [0, 0.1) is 6.92 Å². The third kappa shape index (κ3) is 5.31. The highest BCUT2D eigenvalue weighted by atomic mass is 16.5. The van der Waals surface area contributed by atoms with Gasteiger partial charge in [-0.2, -0.15) is 0 Å². The molecule has 0 spiro atoms. The molecular weight excluding hydrogens is 228 g/mol. The van der Waals surface area contributed by atoms with Gasteiger partial charge in [-0.05, 0) is 27.2 Å². The van der Waals surface area contributed by atoms with Crippen LogP contribution in [0.3, 0.4) is 0 Å². The summed E-state index contributed by atoms with van der Waals surface area (Å²) in [4.78, 5) is 8.72. The van der Waals surface area contributed by atoms with Gasteiger partial charge in [-0.3, -0.25) is 0 Å². The molecule has 1 unspecified atom stereocenters. The number of hydrogen-bond acceptors (Lipinski definition) is 5. The van der Waals surface area contributed by atoms with Crippen molar-refractivity contribution in [2.45, 2.75) is 40.2 Å². The molecule has 0 saturated carbocycles. The second-order valence-electron chi connectivity index (χ2n) is 4.32. The number of aromatic nitrogens is 2. The molecular formula is C13H24N4O. The van der Waals surface area contributed by atoms with E-state index in [9.17, 15) is 0 Å². The van der Waals surface area contributed by atoms with Crippen molar-refractivity contribution in [3.63, 3.8) is 0 Å². The Labute approximate surface area is 109 Å². The van der Waals surface area contributed by atoms with Gasteiger partial charge in [0, 0.05) is 25.3 Å². The van der Waals surface area contributed by atoms with Gasteiger partial charge >= 0.3 is 0 Å². The Hall–Kier alpha value is -1.36. The molecule has 5 heteroatoms. The molecule has 1 heterocycles. The Morgan fingerprint density at radius 1 is 1.28 bits per heavy atom. The van der Waals surface area contributed by atoms with Crippen LogP contribution in [0.15, 0.2) is 6.07 Å². The zero-order valence-corrected chi connectivity index (χ0v) is 11.8. The first-order valence-electron chi connectivity index (χ1n) is 6.59. The number of anilines is 2. The molecule has 0 radical (unpaired) electrons. The second-order valence-corrected chi connectivity index (χ2v) is 4.32. The molecule has 1 aromatic heterocycles. The summed E-state index contributed by atoms with van der Waals surface area (Å²) in [6.45, 7) is 10.4. The third-order valence-corrected chi connectivity index (χ3v) is 2.36. The Morgan fingerprint density at radius 3 is 2.67 bits per heavy atom. The van der Waals surface area contributed by atoms with Crippen LogP contribution in [0.25, 0.3) is 0 Å². The Bertz CT molecular complexity index is 357. The van der Waals surface area contributed by atoms with Gasteiger partial charge in [-0.1, -0.05) is 6.92 Å². The number of rotatable bonds is 8. The van der Waals surface area contributed by atoms with Crippen LogP contribution in [-0.4, -0.2) is 35.8 Å². The molecule has 102 valence electrons. The summed E-state index contributed by atoms with van der Waals surface area (Å²) in [6.07, 6.45) is 1.08. The van der Waals surface area contributed by atoms with Gasteiger partial charge in [0.2, 0.25) is 0 Å². The summed E-state index contributed by atoms with van der Waals surface area (Å²) in [6, 6.07) is 2.17. The maximum absolute atomic E-state index is 5.37. The SMILES string of the molecule is CCCNc1cc(NC(C)COCC)nc(C)n1. The molecule has 0 aliphatic rings. The Balaban J connectivity index is 2.61. The number of nitrogens with one attached hydrogen (secondary N) is 2. The Kier molecular flexibility index (Phi) is 6.43. The molecule has 0 aliphatic carbocycles. The van der Waals surface area contributed by atoms with Gasteiger partial charge in [0.15, 0.2) is 0 Å². The van der Waals surface area contributed by atoms with Crippen molar-refractivity contribution in [1.82, 2.24) is 9.97 Å². The largest absolute Gasteiger partial charge is 0.380 e. The third-order valence-electron chi connectivity index (χ3n) is 2.36. The van der Waals surface area contributed by atoms with E-state index >= 15 is 0 Å². The Morgan fingerprint density at radius 2 is 2.00 bits per heavy atom. The molecule has 2 N–H and O–H groups in total. The highest BCUT2D eigenvalue weighted by molar-refractivity contribution is 5.47. The first-order chi connectivity index (χ1) is 8.65. The van der Waals surface area contributed by atoms with Crippen LogP contribution < -0.4 is 10.6 Å². The summed E-state index contributed by atoms with van der Waals surface area (Å²) in [5.41, 5.74) is 0. The second kappa shape index (κ2) is 7.87. The van der Waals surface area contributed by atoms with Gasteiger partial charge in [-0.15, -0.1) is 0 Å². The summed E-state index contributed by atoms with van der Waals surface area (Å²) < 4.78 is 5.37. The zero-order chi connectivity index (χ0) is 13.4. The fourth-order valence-corrected chi connectivity index (χ4v) is 1.57. The van der Waals surface area contributed by atoms with Crippen LogP contribution >= 0.6 is 0 Å². The van der Waals surface area contributed by atoms with E-state index in [0.717, 1.165) is 37.0 Å². The van der Waals surface area contributed by atoms with E-state index in [1.807, 2.05) is 19.9 Å². The number of aryl methyl sites for hydroxylation is 1. The molecule has 0 aliphatic heterocycles. The molecule has 0 fully saturated rings. The lowest BCUT2D eigenvalue weighted by Gasteiger charge is -2.15. The molecule has 1 rings (SSSR count). The minimum atomic E-state index is 0.235. The zero-order valence-electron chi connectivity index (χ0n) is 11.8. The van der Waals surface area contributed by atoms with Gasteiger partial charge < -0.3 is 15.4 Å². The van der Waals surface area contributed by atoms with Gasteiger partial charge in [0.25, 0.3) is 0 Å². The maximum Gasteiger partial charge on any atom is 0.132 e. The van der Waals surface area contributed by atoms with Crippen LogP contribution in [0.2, 0.25) is 0 Å². The lowest BCUT2D eigenvalue weighted by Crippen LogP contribution is -2.22. The average molecular weight is 252 g/mol. The lowest BCUT2D eigenvalue weighted by molar-refractivity contribution is 0.141. The van der Waals surface area contributed by atoms with E-state index < -0.39 is 0 Å². The normalized spacial score (nSPS) is 12.2. The lowest BCUT2D eigenvalue weighted by atomic mass is 10.3. The smallest absolute Gasteiger partial charge is 0.132 e. The van der Waals surface area contributed by atoms with Crippen molar-refractivity contribution in [1.29, 1.82) is 0 Å². The van der Waals surface area contributed by atoms with E-state index in [0.29, 0.717) is 6.61 Å². The van der Waals surface area contributed by atoms with Crippen molar-refractivity contribution in [3.05, 3.63) is 11.9 Å². The molecule has 0 aromatic carbocycles. The highest BCUT2D eigenvalue weighted by Gasteiger charge is 2.05. The van der Waals surface area contributed by atoms with Crippen molar-refractivity contribution in [3.8, 4) is 0 Å². The molecule has 1 atom stereocenters. The van der Waals surface area contributed by atoms with Crippen LogP contribution in [-0.2, 0) is 4.74 Å². The minimum absolute atomic E-state index is 0.235. The van der Waals surface area contributed by atoms with Crippen molar-refractivity contribution in [2.75, 3.05) is 30.4 Å². The summed E-state index contributed by atoms with van der Waals surface area (Å²) in [5.74, 6) is 2.48. The quantitative estimate of drug-likeness (QED) is 0.744. The van der Waals surface area contributed by atoms with Crippen molar-refractivity contribution in [2.24, 2.45) is 0 Å². The molecule has 1 aromatic rings. The van der Waals surface area contributed by atoms with Gasteiger partial charge in [-0.25, -0.2) is 9.97 Å². The molecule has 0 amide bonds. The standard InChI is InChI=1S/C13H24N4O/c1-5-7-14-12-8-13(17-11(4)16-12)15-10(3)9-18-6-2/h8,10H,5-7,9H2,1-4H3,(H2,14,15,16,17). The number of ether oxygens (including phenoxy) is 1. The van der Waals surface area contributed by atoms with E-state index in [2.05, 4.69) is 34.4 Å². The molecule has 0 bridgehead atoms. The van der Waals surface area contributed by atoms with E-state index in [-0.39, 0.29) is 6.04 Å². The fourth-order valence-electron chi connectivity index (χ4n) is 1.57. The number of nitrogens with zero attached hydrogens (tertiary/aromatic N) is 2. The fraction of sp³-hybridized carbons (Fsp3) is 0.692. The van der Waals surface area contributed by atoms with Crippen LogP contribution in [0.4, 0.5) is 11.6 Å². The first-order valence-corrected chi connectivity index (χ1v) is 6.59.